The minimum absolute atomic E-state index is 0.0393. The van der Waals surface area contributed by atoms with Crippen LogP contribution in [0.3, 0.4) is 0 Å². The molecule has 142 valence electrons. The van der Waals surface area contributed by atoms with E-state index in [1.165, 1.54) is 19.1 Å². The first kappa shape index (κ1) is 12.4. The molecular weight excluding hydrogens is 332 g/mol. The van der Waals surface area contributed by atoms with Crippen LogP contribution in [0.1, 0.15) is 71.6 Å². The zero-order valence-electron chi connectivity index (χ0n) is 20.7. The number of benzene rings is 1. The molecule has 0 radical (unpaired) electrons. The van der Waals surface area contributed by atoms with Crippen LogP contribution in [0.5, 0.6) is 11.5 Å². The molecule has 0 saturated heterocycles. The Labute approximate surface area is 162 Å². The number of ether oxygens (including phenoxy) is 1. The third-order valence-electron chi connectivity index (χ3n) is 5.30. The smallest absolute Gasteiger partial charge is 0.331 e. The van der Waals surface area contributed by atoms with E-state index < -0.39 is 43.2 Å². The first-order chi connectivity index (χ1) is 14.6. The van der Waals surface area contributed by atoms with E-state index in [0.29, 0.717) is 30.4 Å². The van der Waals surface area contributed by atoms with E-state index in [1.54, 1.807) is 6.07 Å². The predicted octanol–water partition coefficient (Wildman–Crippen LogP) is 3.77. The number of hydrogen-bond acceptors (Lipinski definition) is 4. The maximum absolute atomic E-state index is 11.5. The first-order valence-corrected chi connectivity index (χ1v) is 8.82. The number of phenols is 1. The van der Waals surface area contributed by atoms with Gasteiger partial charge in [-0.2, -0.15) is 0 Å². The lowest BCUT2D eigenvalue weighted by molar-refractivity contribution is -0.133. The standard InChI is InChI=1S/C21H28O5/c1-12(22)5-4-6-13-9-17(23)19-15-11-14(20(24)25)7-8-16(15)21(2,3)26-18(19)10-13/h9-12,15-16,22-23H,4-8H2,1-3H3,(H,24,25)/i1D3,2D3. The molecule has 4 atom stereocenters. The summed E-state index contributed by atoms with van der Waals surface area (Å²) in [6.07, 6.45) is 1.30. The van der Waals surface area contributed by atoms with E-state index in [9.17, 15) is 20.1 Å². The SMILES string of the molecule is [2H]C([2H])([2H])C(O)CCCc1cc(O)c2c(c1)OC(C)(C([2H])([2H])[2H])C1CCC(C(=O)O)=CC21. The molecule has 1 aliphatic heterocycles. The molecule has 3 rings (SSSR count). The fraction of sp³-hybridized carbons (Fsp3) is 0.571. The molecule has 0 spiro atoms. The maximum Gasteiger partial charge on any atom is 0.331 e. The van der Waals surface area contributed by atoms with Crippen LogP contribution in [0.25, 0.3) is 0 Å². The predicted molar refractivity (Wildman–Crippen MR) is 98.6 cm³/mol. The topological polar surface area (TPSA) is 87.0 Å². The summed E-state index contributed by atoms with van der Waals surface area (Å²) in [5.74, 6) is -2.19. The van der Waals surface area contributed by atoms with Gasteiger partial charge in [-0.05, 0) is 70.4 Å². The zero-order chi connectivity index (χ0) is 24.1. The molecule has 0 bridgehead atoms. The molecule has 1 aromatic carbocycles. The lowest BCUT2D eigenvalue weighted by atomic mass is 9.67. The van der Waals surface area contributed by atoms with Gasteiger partial charge in [0.25, 0.3) is 0 Å². The molecule has 0 fully saturated rings. The van der Waals surface area contributed by atoms with Crippen molar-refractivity contribution in [3.05, 3.63) is 34.9 Å². The van der Waals surface area contributed by atoms with Gasteiger partial charge in [0, 0.05) is 31.2 Å². The van der Waals surface area contributed by atoms with Crippen LogP contribution in [-0.4, -0.2) is 33.0 Å². The van der Waals surface area contributed by atoms with Gasteiger partial charge < -0.3 is 20.1 Å². The number of rotatable bonds is 5. The molecule has 0 saturated carbocycles. The van der Waals surface area contributed by atoms with Gasteiger partial charge in [0.15, 0.2) is 0 Å². The monoisotopic (exact) mass is 366 g/mol. The van der Waals surface area contributed by atoms with Gasteiger partial charge in [-0.15, -0.1) is 0 Å². The second-order valence-electron chi connectivity index (χ2n) is 7.31. The quantitative estimate of drug-likeness (QED) is 0.738. The molecule has 1 heterocycles. The van der Waals surface area contributed by atoms with Crippen molar-refractivity contribution in [3.63, 3.8) is 0 Å². The Hall–Kier alpha value is -2.01. The van der Waals surface area contributed by atoms with E-state index in [1.807, 2.05) is 0 Å². The average Bonchev–Trinajstić information content (AvgIpc) is 2.65. The fourth-order valence-electron chi connectivity index (χ4n) is 4.02. The number of carbonyl (C=O) groups is 1. The Kier molecular flexibility index (Phi) is 3.31. The van der Waals surface area contributed by atoms with Crippen molar-refractivity contribution >= 4 is 5.97 Å². The number of aryl methyl sites for hydroxylation is 1. The third kappa shape index (κ3) is 3.58. The number of aromatic hydroxyl groups is 1. The highest BCUT2D eigenvalue weighted by molar-refractivity contribution is 5.87. The van der Waals surface area contributed by atoms with Crippen LogP contribution in [0.2, 0.25) is 0 Å². The van der Waals surface area contributed by atoms with Crippen LogP contribution < -0.4 is 4.74 Å². The molecule has 2 aliphatic rings. The number of allylic oxidation sites excluding steroid dienone is 1. The van der Waals surface area contributed by atoms with Gasteiger partial charge >= 0.3 is 5.97 Å². The first-order valence-electron chi connectivity index (χ1n) is 11.8. The normalized spacial score (nSPS) is 32.8. The Morgan fingerprint density at radius 1 is 1.50 bits per heavy atom. The third-order valence-corrected chi connectivity index (χ3v) is 5.30. The van der Waals surface area contributed by atoms with Crippen molar-refractivity contribution in [3.8, 4) is 11.5 Å². The van der Waals surface area contributed by atoms with E-state index >= 15 is 0 Å². The zero-order valence-corrected chi connectivity index (χ0v) is 14.7. The lowest BCUT2D eigenvalue weighted by Crippen LogP contribution is -2.45. The number of hydrogen-bond donors (Lipinski definition) is 3. The summed E-state index contributed by atoms with van der Waals surface area (Å²) in [5, 5.41) is 29.9. The molecule has 4 unspecified atom stereocenters. The summed E-state index contributed by atoms with van der Waals surface area (Å²) >= 11 is 0. The molecule has 26 heavy (non-hydrogen) atoms. The Bertz CT molecular complexity index is 922. The van der Waals surface area contributed by atoms with Crippen LogP contribution >= 0.6 is 0 Å². The molecule has 5 nitrogen and oxygen atoms in total. The van der Waals surface area contributed by atoms with Crippen molar-refractivity contribution in [2.24, 2.45) is 5.92 Å². The molecule has 5 heteroatoms. The summed E-state index contributed by atoms with van der Waals surface area (Å²) in [4.78, 5) is 11.5. The van der Waals surface area contributed by atoms with Gasteiger partial charge in [-0.25, -0.2) is 4.79 Å². The lowest BCUT2D eigenvalue weighted by Gasteiger charge is -2.46. The largest absolute Gasteiger partial charge is 0.507 e. The van der Waals surface area contributed by atoms with Crippen molar-refractivity contribution in [2.75, 3.05) is 0 Å². The summed E-state index contributed by atoms with van der Waals surface area (Å²) in [6.45, 7) is -3.46. The van der Waals surface area contributed by atoms with Crippen LogP contribution in [0.4, 0.5) is 0 Å². The van der Waals surface area contributed by atoms with E-state index in [-0.39, 0.29) is 29.9 Å². The van der Waals surface area contributed by atoms with Crippen molar-refractivity contribution in [1.82, 2.24) is 0 Å². The molecule has 3 N–H and O–H groups in total. The highest BCUT2D eigenvalue weighted by Gasteiger charge is 2.46. The second-order valence-corrected chi connectivity index (χ2v) is 7.31. The van der Waals surface area contributed by atoms with Gasteiger partial charge in [0.1, 0.15) is 17.1 Å². The highest BCUT2D eigenvalue weighted by Crippen LogP contribution is 2.53. The van der Waals surface area contributed by atoms with Gasteiger partial charge in [-0.1, -0.05) is 6.08 Å². The van der Waals surface area contributed by atoms with Crippen LogP contribution in [0, 0.1) is 5.92 Å². The number of aliphatic carboxylic acids is 1. The van der Waals surface area contributed by atoms with Crippen LogP contribution in [-0.2, 0) is 11.2 Å². The molecular formula is C21H28O5. The summed E-state index contributed by atoms with van der Waals surface area (Å²) < 4.78 is 51.9. The summed E-state index contributed by atoms with van der Waals surface area (Å²) in [7, 11) is 0. The number of phenolic OH excluding ortho intramolecular Hbond substituents is 1. The summed E-state index contributed by atoms with van der Waals surface area (Å²) in [5.41, 5.74) is -0.438. The number of carboxylic acid groups (broad SMARTS) is 1. The number of aliphatic hydroxyl groups excluding tert-OH is 1. The molecule has 0 amide bonds. The van der Waals surface area contributed by atoms with Crippen molar-refractivity contribution in [1.29, 1.82) is 0 Å². The number of carboxylic acids is 1. The minimum Gasteiger partial charge on any atom is -0.507 e. The average molecular weight is 366 g/mol. The minimum atomic E-state index is -2.49. The van der Waals surface area contributed by atoms with Crippen molar-refractivity contribution < 1.29 is 33.1 Å². The molecule has 1 aliphatic carbocycles. The Balaban J connectivity index is 1.97. The summed E-state index contributed by atoms with van der Waals surface area (Å²) in [6, 6.07) is 3.11. The molecule has 1 aromatic rings. The van der Waals surface area contributed by atoms with Gasteiger partial charge in [0.2, 0.25) is 0 Å². The number of aliphatic hydroxyl groups is 1. The van der Waals surface area contributed by atoms with Crippen molar-refractivity contribution in [2.45, 2.75) is 70.4 Å². The van der Waals surface area contributed by atoms with E-state index in [0.717, 1.165) is 0 Å². The van der Waals surface area contributed by atoms with E-state index in [2.05, 4.69) is 0 Å². The van der Waals surface area contributed by atoms with Gasteiger partial charge in [0.05, 0.1) is 6.10 Å². The van der Waals surface area contributed by atoms with E-state index in [4.69, 9.17) is 13.0 Å². The Morgan fingerprint density at radius 2 is 2.31 bits per heavy atom. The fourth-order valence-corrected chi connectivity index (χ4v) is 4.02. The van der Waals surface area contributed by atoms with Crippen LogP contribution in [0.15, 0.2) is 23.8 Å². The van der Waals surface area contributed by atoms with Gasteiger partial charge in [-0.3, -0.25) is 0 Å². The maximum atomic E-state index is 11.5. The second kappa shape index (κ2) is 6.95. The Morgan fingerprint density at radius 3 is 3.00 bits per heavy atom. The number of fused-ring (bicyclic) bond motifs is 3. The molecule has 0 aromatic heterocycles. The highest BCUT2D eigenvalue weighted by atomic mass is 16.5.